The van der Waals surface area contributed by atoms with Crippen LogP contribution in [-0.4, -0.2) is 0 Å². The van der Waals surface area contributed by atoms with Crippen molar-refractivity contribution in [2.45, 2.75) is 32.6 Å². The summed E-state index contributed by atoms with van der Waals surface area (Å²) in [5, 5.41) is 0. The molecule has 2 aliphatic rings. The number of hydrogen-bond acceptors (Lipinski definition) is 1. The van der Waals surface area contributed by atoms with Crippen LogP contribution in [0.1, 0.15) is 32.6 Å². The Hall–Kier alpha value is -0.170. The lowest BCUT2D eigenvalue weighted by molar-refractivity contribution is 0.338. The van der Waals surface area contributed by atoms with Gasteiger partial charge < -0.3 is 0 Å². The first-order valence-electron chi connectivity index (χ1n) is 5.38. The van der Waals surface area contributed by atoms with Crippen molar-refractivity contribution in [2.24, 2.45) is 17.8 Å². The van der Waals surface area contributed by atoms with Crippen molar-refractivity contribution >= 4 is 12.6 Å². The molecule has 2 atom stereocenters. The first-order valence-corrected chi connectivity index (χ1v) is 5.83. The first-order chi connectivity index (χ1) is 6.31. The van der Waals surface area contributed by atoms with Crippen molar-refractivity contribution in [3.63, 3.8) is 0 Å². The molecule has 0 aliphatic heterocycles. The third kappa shape index (κ3) is 2.19. The van der Waals surface area contributed by atoms with E-state index in [4.69, 9.17) is 0 Å². The van der Waals surface area contributed by atoms with E-state index in [1.807, 2.05) is 0 Å². The van der Waals surface area contributed by atoms with Crippen molar-refractivity contribution in [2.75, 3.05) is 0 Å². The van der Waals surface area contributed by atoms with Crippen LogP contribution in [0.15, 0.2) is 23.1 Å². The number of thiol groups is 1. The van der Waals surface area contributed by atoms with Crippen LogP contribution in [0.2, 0.25) is 0 Å². The molecule has 0 aromatic rings. The maximum absolute atomic E-state index is 4.34. The number of hydrogen-bond donors (Lipinski definition) is 1. The second-order valence-corrected chi connectivity index (χ2v) is 4.81. The van der Waals surface area contributed by atoms with Gasteiger partial charge in [-0.15, -0.1) is 12.6 Å². The van der Waals surface area contributed by atoms with Crippen molar-refractivity contribution in [3.05, 3.63) is 23.1 Å². The highest BCUT2D eigenvalue weighted by Crippen LogP contribution is 2.44. The minimum atomic E-state index is 0.799. The van der Waals surface area contributed by atoms with Crippen LogP contribution in [0.5, 0.6) is 0 Å². The number of rotatable bonds is 3. The fourth-order valence-corrected chi connectivity index (χ4v) is 2.64. The topological polar surface area (TPSA) is 0 Å². The lowest BCUT2D eigenvalue weighted by Crippen LogP contribution is -2.14. The molecule has 0 amide bonds. The zero-order chi connectivity index (χ0) is 9.26. The van der Waals surface area contributed by atoms with E-state index in [0.29, 0.717) is 0 Å². The molecule has 2 unspecified atom stereocenters. The summed E-state index contributed by atoms with van der Waals surface area (Å²) in [6.07, 6.45) is 12.3. The summed E-state index contributed by atoms with van der Waals surface area (Å²) in [7, 11) is 0. The maximum Gasteiger partial charge on any atom is -0.000285 e. The number of allylic oxidation sites excluding steroid dienone is 3. The summed E-state index contributed by atoms with van der Waals surface area (Å²) in [5.41, 5.74) is 0. The van der Waals surface area contributed by atoms with Crippen molar-refractivity contribution in [1.29, 1.82) is 0 Å². The van der Waals surface area contributed by atoms with Gasteiger partial charge in [-0.05, 0) is 41.9 Å². The monoisotopic (exact) mass is 194 g/mol. The Morgan fingerprint density at radius 1 is 1.54 bits per heavy atom. The molecule has 0 radical (unpaired) electrons. The van der Waals surface area contributed by atoms with Gasteiger partial charge in [0.05, 0.1) is 0 Å². The van der Waals surface area contributed by atoms with Crippen molar-refractivity contribution in [1.82, 2.24) is 0 Å². The molecule has 0 spiro atoms. The van der Waals surface area contributed by atoms with E-state index in [9.17, 15) is 0 Å². The van der Waals surface area contributed by atoms with Crippen LogP contribution < -0.4 is 0 Å². The van der Waals surface area contributed by atoms with Gasteiger partial charge in [0.2, 0.25) is 0 Å². The van der Waals surface area contributed by atoms with Crippen LogP contribution in [-0.2, 0) is 0 Å². The highest BCUT2D eigenvalue weighted by molar-refractivity contribution is 7.84. The molecule has 2 rings (SSSR count). The van der Waals surface area contributed by atoms with Gasteiger partial charge in [-0.2, -0.15) is 0 Å². The molecule has 0 N–H and O–H groups in total. The smallest absolute Gasteiger partial charge is 0.000285 e. The largest absolute Gasteiger partial charge is 0.144 e. The lowest BCUT2D eigenvalue weighted by Gasteiger charge is -2.24. The summed E-state index contributed by atoms with van der Waals surface area (Å²) in [6.45, 7) is 2.33. The van der Waals surface area contributed by atoms with E-state index in [1.165, 1.54) is 25.7 Å². The SMILES string of the molecule is CCC(C1C=CC(S)=CC1)C1CC1. The van der Waals surface area contributed by atoms with Gasteiger partial charge in [0.15, 0.2) is 0 Å². The van der Waals surface area contributed by atoms with Crippen molar-refractivity contribution < 1.29 is 0 Å². The minimum absolute atomic E-state index is 0.799. The van der Waals surface area contributed by atoms with E-state index in [1.54, 1.807) is 0 Å². The highest BCUT2D eigenvalue weighted by atomic mass is 32.1. The minimum Gasteiger partial charge on any atom is -0.144 e. The molecule has 0 bridgehead atoms. The van der Waals surface area contributed by atoms with Crippen LogP contribution >= 0.6 is 12.6 Å². The summed E-state index contributed by atoms with van der Waals surface area (Å²) in [6, 6.07) is 0. The van der Waals surface area contributed by atoms with Gasteiger partial charge in [-0.1, -0.05) is 31.6 Å². The third-order valence-electron chi connectivity index (χ3n) is 3.36. The maximum atomic E-state index is 4.34. The van der Waals surface area contributed by atoms with Crippen LogP contribution in [0.4, 0.5) is 0 Å². The molecule has 0 heterocycles. The second kappa shape index (κ2) is 3.91. The second-order valence-electron chi connectivity index (χ2n) is 4.30. The zero-order valence-corrected chi connectivity index (χ0v) is 9.13. The molecule has 1 fully saturated rings. The van der Waals surface area contributed by atoms with Gasteiger partial charge in [-0.3, -0.25) is 0 Å². The molecule has 0 aromatic carbocycles. The molecule has 13 heavy (non-hydrogen) atoms. The van der Waals surface area contributed by atoms with Gasteiger partial charge in [0, 0.05) is 0 Å². The van der Waals surface area contributed by atoms with Gasteiger partial charge in [0.1, 0.15) is 0 Å². The van der Waals surface area contributed by atoms with E-state index < -0.39 is 0 Å². The quantitative estimate of drug-likeness (QED) is 0.649. The fraction of sp³-hybridized carbons (Fsp3) is 0.667. The standard InChI is InChI=1S/C12H18S/c1-2-12(9-3-4-9)10-5-7-11(13)8-6-10/h5,7-10,12-13H,2-4,6H2,1H3. The molecule has 0 nitrogen and oxygen atoms in total. The predicted octanol–water partition coefficient (Wildman–Crippen LogP) is 3.81. The Balaban J connectivity index is 1.97. The highest BCUT2D eigenvalue weighted by Gasteiger charge is 2.34. The molecule has 2 aliphatic carbocycles. The average molecular weight is 194 g/mol. The molecule has 0 saturated heterocycles. The predicted molar refractivity (Wildman–Crippen MR) is 60.8 cm³/mol. The average Bonchev–Trinajstić information content (AvgIpc) is 2.93. The summed E-state index contributed by atoms with van der Waals surface area (Å²) in [4.78, 5) is 1.14. The van der Waals surface area contributed by atoms with Crippen LogP contribution in [0, 0.1) is 17.8 Å². The summed E-state index contributed by atoms with van der Waals surface area (Å²) in [5.74, 6) is 2.77. The molecular formula is C12H18S. The van der Waals surface area contributed by atoms with Gasteiger partial charge >= 0.3 is 0 Å². The van der Waals surface area contributed by atoms with Crippen LogP contribution in [0.25, 0.3) is 0 Å². The normalized spacial score (nSPS) is 30.0. The lowest BCUT2D eigenvalue weighted by atomic mass is 9.82. The van der Waals surface area contributed by atoms with E-state index in [-0.39, 0.29) is 0 Å². The molecule has 1 saturated carbocycles. The molecule has 0 aromatic heterocycles. The first kappa shape index (κ1) is 9.39. The Bertz CT molecular complexity index is 236. The van der Waals surface area contributed by atoms with E-state index in [0.717, 1.165) is 22.7 Å². The summed E-state index contributed by atoms with van der Waals surface area (Å²) >= 11 is 4.34. The Morgan fingerprint density at radius 3 is 2.77 bits per heavy atom. The van der Waals surface area contributed by atoms with Gasteiger partial charge in [-0.25, -0.2) is 0 Å². The molecule has 1 heteroatoms. The Kier molecular flexibility index (Phi) is 2.83. The van der Waals surface area contributed by atoms with E-state index in [2.05, 4.69) is 37.8 Å². The van der Waals surface area contributed by atoms with Gasteiger partial charge in [0.25, 0.3) is 0 Å². The zero-order valence-electron chi connectivity index (χ0n) is 8.24. The van der Waals surface area contributed by atoms with E-state index >= 15 is 0 Å². The Morgan fingerprint density at radius 2 is 2.31 bits per heavy atom. The third-order valence-corrected chi connectivity index (χ3v) is 3.69. The summed E-state index contributed by atoms with van der Waals surface area (Å²) < 4.78 is 0. The van der Waals surface area contributed by atoms with Crippen molar-refractivity contribution in [3.8, 4) is 0 Å². The molecule has 72 valence electrons. The fourth-order valence-electron chi connectivity index (χ4n) is 2.45. The molecular weight excluding hydrogens is 176 g/mol. The van der Waals surface area contributed by atoms with Crippen LogP contribution in [0.3, 0.4) is 0 Å². The Labute approximate surface area is 86.5 Å².